The number of Topliss-reactive ketones (excluding diaryl/α,β-unsaturated/α-hetero) is 1. The van der Waals surface area contributed by atoms with E-state index in [1.165, 1.54) is 25.5 Å². The Bertz CT molecular complexity index is 783. The number of carbonyl (C=O) groups excluding carboxylic acids is 1. The van der Waals surface area contributed by atoms with Crippen LogP contribution in [0.1, 0.15) is 45.1 Å². The van der Waals surface area contributed by atoms with Gasteiger partial charge in [0.2, 0.25) is 0 Å². The van der Waals surface area contributed by atoms with Crippen LogP contribution in [0.4, 0.5) is 5.82 Å². The number of hydrogen-bond donors (Lipinski definition) is 0. The van der Waals surface area contributed by atoms with Crippen LogP contribution in [0.3, 0.4) is 0 Å². The molecule has 0 radical (unpaired) electrons. The van der Waals surface area contributed by atoms with Gasteiger partial charge in [0.05, 0.1) is 12.4 Å². The lowest BCUT2D eigenvalue weighted by Gasteiger charge is -2.30. The van der Waals surface area contributed by atoms with Crippen molar-refractivity contribution in [3.05, 3.63) is 53.6 Å². The van der Waals surface area contributed by atoms with Gasteiger partial charge in [-0.25, -0.2) is 0 Å². The third kappa shape index (κ3) is 3.21. The van der Waals surface area contributed by atoms with Crippen molar-refractivity contribution >= 4 is 11.6 Å². The Hall–Kier alpha value is -2.54. The van der Waals surface area contributed by atoms with Gasteiger partial charge < -0.3 is 4.85 Å². The number of ketones is 1. The lowest BCUT2D eigenvalue weighted by Crippen LogP contribution is -2.32. The first-order chi connectivity index (χ1) is 11.5. The summed E-state index contributed by atoms with van der Waals surface area (Å²) in [6.07, 6.45) is 7.43. The fraction of sp³-hybridized carbons (Fsp3) is 0.400. The van der Waals surface area contributed by atoms with Gasteiger partial charge in [0.15, 0.2) is 5.69 Å². The molecule has 122 valence electrons. The summed E-state index contributed by atoms with van der Waals surface area (Å²) >= 11 is 0. The second-order valence-corrected chi connectivity index (χ2v) is 7.00. The number of aromatic nitrogens is 2. The molecular weight excluding hydrogens is 298 g/mol. The molecule has 1 aliphatic carbocycles. The quantitative estimate of drug-likeness (QED) is 0.748. The highest BCUT2D eigenvalue weighted by atomic mass is 16.1. The molecule has 1 heterocycles. The molecule has 2 aromatic rings. The van der Waals surface area contributed by atoms with Crippen molar-refractivity contribution in [1.29, 1.82) is 0 Å². The predicted octanol–water partition coefficient (Wildman–Crippen LogP) is 4.73. The SMILES string of the molecule is [C-]#[N+]c1cncc(-c2ccc(C(C)(C)C(=O)CC3CCC3)cc2)n1. The highest BCUT2D eigenvalue weighted by Crippen LogP contribution is 2.35. The van der Waals surface area contributed by atoms with Crippen LogP contribution < -0.4 is 0 Å². The van der Waals surface area contributed by atoms with E-state index in [0.29, 0.717) is 23.8 Å². The summed E-state index contributed by atoms with van der Waals surface area (Å²) in [6.45, 7) is 11.0. The zero-order chi connectivity index (χ0) is 17.2. The Labute approximate surface area is 142 Å². The summed E-state index contributed by atoms with van der Waals surface area (Å²) in [4.78, 5) is 24.3. The second-order valence-electron chi connectivity index (χ2n) is 7.00. The van der Waals surface area contributed by atoms with E-state index < -0.39 is 5.41 Å². The van der Waals surface area contributed by atoms with Gasteiger partial charge in [-0.3, -0.25) is 9.78 Å². The molecule has 1 fully saturated rings. The van der Waals surface area contributed by atoms with Gasteiger partial charge in [0, 0.05) is 17.4 Å². The van der Waals surface area contributed by atoms with E-state index in [-0.39, 0.29) is 5.82 Å². The smallest absolute Gasteiger partial charge is 0.288 e. The standard InChI is InChI=1S/C20H21N3O/c1-20(2,18(24)11-14-5-4-6-14)16-9-7-15(8-10-16)17-12-22-13-19(21-3)23-17/h7-10,12-14H,4-6,11H2,1-2H3. The fourth-order valence-corrected chi connectivity index (χ4v) is 2.98. The lowest BCUT2D eigenvalue weighted by molar-refractivity contribution is -0.125. The van der Waals surface area contributed by atoms with E-state index >= 15 is 0 Å². The number of hydrogen-bond acceptors (Lipinski definition) is 3. The van der Waals surface area contributed by atoms with Gasteiger partial charge in [0.25, 0.3) is 5.82 Å². The summed E-state index contributed by atoms with van der Waals surface area (Å²) in [5.41, 5.74) is 2.12. The van der Waals surface area contributed by atoms with E-state index in [4.69, 9.17) is 6.57 Å². The molecular formula is C20H21N3O. The van der Waals surface area contributed by atoms with Crippen molar-refractivity contribution < 1.29 is 4.79 Å². The minimum atomic E-state index is -0.474. The Morgan fingerprint density at radius 1 is 1.25 bits per heavy atom. The topological polar surface area (TPSA) is 47.2 Å². The molecule has 0 unspecified atom stereocenters. The summed E-state index contributed by atoms with van der Waals surface area (Å²) < 4.78 is 0. The van der Waals surface area contributed by atoms with Crippen LogP contribution in [0.5, 0.6) is 0 Å². The summed E-state index contributed by atoms with van der Waals surface area (Å²) in [5.74, 6) is 1.19. The predicted molar refractivity (Wildman–Crippen MR) is 93.7 cm³/mol. The third-order valence-electron chi connectivity index (χ3n) is 5.03. The van der Waals surface area contributed by atoms with Crippen molar-refractivity contribution in [2.75, 3.05) is 0 Å². The van der Waals surface area contributed by atoms with Gasteiger partial charge in [-0.05, 0) is 25.3 Å². The fourth-order valence-electron chi connectivity index (χ4n) is 2.98. The van der Waals surface area contributed by atoms with Crippen LogP contribution in [0.25, 0.3) is 16.1 Å². The highest BCUT2D eigenvalue weighted by molar-refractivity contribution is 5.89. The van der Waals surface area contributed by atoms with Crippen molar-refractivity contribution in [2.24, 2.45) is 5.92 Å². The van der Waals surface area contributed by atoms with Crippen LogP contribution in [0.15, 0.2) is 36.7 Å². The minimum absolute atomic E-state index is 0.285. The first-order valence-corrected chi connectivity index (χ1v) is 8.34. The molecule has 1 aliphatic rings. The minimum Gasteiger partial charge on any atom is -0.359 e. The Morgan fingerprint density at radius 3 is 2.54 bits per heavy atom. The second kappa shape index (κ2) is 6.52. The zero-order valence-corrected chi connectivity index (χ0v) is 14.1. The van der Waals surface area contributed by atoms with Gasteiger partial charge in [0.1, 0.15) is 5.78 Å². The van der Waals surface area contributed by atoms with E-state index in [9.17, 15) is 4.79 Å². The van der Waals surface area contributed by atoms with Crippen LogP contribution in [0, 0.1) is 12.5 Å². The molecule has 24 heavy (non-hydrogen) atoms. The van der Waals surface area contributed by atoms with Crippen LogP contribution in [-0.2, 0) is 10.2 Å². The molecule has 0 atom stereocenters. The molecule has 0 N–H and O–H groups in total. The van der Waals surface area contributed by atoms with E-state index in [1.807, 2.05) is 38.1 Å². The van der Waals surface area contributed by atoms with Crippen molar-refractivity contribution in [3.8, 4) is 11.3 Å². The Balaban J connectivity index is 1.80. The van der Waals surface area contributed by atoms with E-state index in [2.05, 4.69) is 14.8 Å². The normalized spacial score (nSPS) is 14.7. The van der Waals surface area contributed by atoms with Crippen LogP contribution in [-0.4, -0.2) is 15.8 Å². The van der Waals surface area contributed by atoms with E-state index in [1.54, 1.807) is 6.20 Å². The summed E-state index contributed by atoms with van der Waals surface area (Å²) in [5, 5.41) is 0. The first-order valence-electron chi connectivity index (χ1n) is 8.34. The van der Waals surface area contributed by atoms with Gasteiger partial charge in [-0.1, -0.05) is 50.1 Å². The molecule has 1 saturated carbocycles. The Kier molecular flexibility index (Phi) is 4.44. The molecule has 0 bridgehead atoms. The van der Waals surface area contributed by atoms with Gasteiger partial charge in [-0.15, -0.1) is 4.98 Å². The number of benzene rings is 1. The van der Waals surface area contributed by atoms with Crippen molar-refractivity contribution in [1.82, 2.24) is 9.97 Å². The van der Waals surface area contributed by atoms with E-state index in [0.717, 1.165) is 11.1 Å². The zero-order valence-electron chi connectivity index (χ0n) is 14.1. The number of nitrogens with zero attached hydrogens (tertiary/aromatic N) is 3. The molecule has 0 spiro atoms. The first kappa shape index (κ1) is 16.3. The molecule has 0 aliphatic heterocycles. The molecule has 4 nitrogen and oxygen atoms in total. The maximum atomic E-state index is 12.7. The molecule has 4 heteroatoms. The average molecular weight is 319 g/mol. The van der Waals surface area contributed by atoms with Gasteiger partial charge >= 0.3 is 0 Å². The molecule has 3 rings (SSSR count). The maximum Gasteiger partial charge on any atom is 0.288 e. The van der Waals surface area contributed by atoms with Crippen LogP contribution in [0.2, 0.25) is 0 Å². The Morgan fingerprint density at radius 2 is 1.96 bits per heavy atom. The van der Waals surface area contributed by atoms with Crippen molar-refractivity contribution in [3.63, 3.8) is 0 Å². The molecule has 1 aromatic heterocycles. The summed E-state index contributed by atoms with van der Waals surface area (Å²) in [6, 6.07) is 7.87. The molecule has 0 amide bonds. The highest BCUT2D eigenvalue weighted by Gasteiger charge is 2.32. The monoisotopic (exact) mass is 319 g/mol. The van der Waals surface area contributed by atoms with Crippen LogP contribution >= 0.6 is 0 Å². The number of carbonyl (C=O) groups is 1. The number of rotatable bonds is 5. The molecule has 1 aromatic carbocycles. The van der Waals surface area contributed by atoms with Crippen molar-refractivity contribution in [2.45, 2.75) is 44.9 Å². The third-order valence-corrected chi connectivity index (χ3v) is 5.03. The largest absolute Gasteiger partial charge is 0.359 e. The lowest BCUT2D eigenvalue weighted by atomic mass is 9.73. The molecule has 0 saturated heterocycles. The average Bonchev–Trinajstić information content (AvgIpc) is 2.58. The van der Waals surface area contributed by atoms with Gasteiger partial charge in [-0.2, -0.15) is 0 Å². The summed E-state index contributed by atoms with van der Waals surface area (Å²) in [7, 11) is 0. The maximum absolute atomic E-state index is 12.7.